The van der Waals surface area contributed by atoms with E-state index in [4.69, 9.17) is 11.6 Å². The first-order valence-corrected chi connectivity index (χ1v) is 7.34. The smallest absolute Gasteiger partial charge is 0.208 e. The van der Waals surface area contributed by atoms with E-state index in [0.29, 0.717) is 6.42 Å². The van der Waals surface area contributed by atoms with Crippen LogP contribution in [0.3, 0.4) is 0 Å². The Bertz CT molecular complexity index is 703. The van der Waals surface area contributed by atoms with Crippen LogP contribution in [0.1, 0.15) is 63.7 Å². The Morgan fingerprint density at radius 1 is 1.23 bits per heavy atom. The molecule has 6 heteroatoms. The molecule has 1 aromatic rings. The van der Waals surface area contributed by atoms with Gasteiger partial charge in [0.05, 0.1) is 10.6 Å². The number of aromatic hydroxyl groups is 2. The molecule has 0 aromatic heterocycles. The van der Waals surface area contributed by atoms with Crippen molar-refractivity contribution in [3.63, 3.8) is 0 Å². The van der Waals surface area contributed by atoms with E-state index in [-0.39, 0.29) is 28.1 Å². The SMILES string of the molecule is CCCCCC(=O)c1c(O)cc2c(c1O)C(=O)C(Cl)=CC2=O. The van der Waals surface area contributed by atoms with E-state index in [2.05, 4.69) is 0 Å². The Balaban J connectivity index is 2.50. The number of hydrogen-bond donors (Lipinski definition) is 2. The van der Waals surface area contributed by atoms with Crippen molar-refractivity contribution in [2.75, 3.05) is 0 Å². The molecular formula is C16H15ClO5. The highest BCUT2D eigenvalue weighted by molar-refractivity contribution is 6.49. The van der Waals surface area contributed by atoms with Crippen LogP contribution in [0.2, 0.25) is 0 Å². The first-order valence-electron chi connectivity index (χ1n) is 6.96. The second-order valence-corrected chi connectivity index (χ2v) is 5.51. The lowest BCUT2D eigenvalue weighted by molar-refractivity contribution is 0.0967. The third-order valence-electron chi connectivity index (χ3n) is 3.53. The van der Waals surface area contributed by atoms with E-state index in [9.17, 15) is 24.6 Å². The van der Waals surface area contributed by atoms with E-state index in [0.717, 1.165) is 25.0 Å². The molecule has 2 rings (SSSR count). The van der Waals surface area contributed by atoms with Gasteiger partial charge in [-0.15, -0.1) is 0 Å². The molecule has 1 aliphatic carbocycles. The minimum absolute atomic E-state index is 0.138. The predicted molar refractivity (Wildman–Crippen MR) is 80.8 cm³/mol. The van der Waals surface area contributed by atoms with Gasteiger partial charge in [-0.05, 0) is 12.5 Å². The Kier molecular flexibility index (Phi) is 4.66. The highest BCUT2D eigenvalue weighted by Gasteiger charge is 2.32. The molecule has 5 nitrogen and oxygen atoms in total. The van der Waals surface area contributed by atoms with Crippen molar-refractivity contribution in [1.29, 1.82) is 0 Å². The van der Waals surface area contributed by atoms with Gasteiger partial charge in [0.2, 0.25) is 5.78 Å². The van der Waals surface area contributed by atoms with Crippen LogP contribution in [0, 0.1) is 0 Å². The summed E-state index contributed by atoms with van der Waals surface area (Å²) in [5.41, 5.74) is -0.814. The fraction of sp³-hybridized carbons (Fsp3) is 0.312. The molecule has 2 N–H and O–H groups in total. The number of benzene rings is 1. The standard InChI is InChI=1S/C16H15ClO5/c1-2-3-4-5-10(18)14-12(20)6-8-11(19)7-9(17)15(21)13(8)16(14)22/h6-7,20,22H,2-5H2,1H3. The number of unbranched alkanes of at least 4 members (excludes halogenated alkanes) is 2. The van der Waals surface area contributed by atoms with Crippen molar-refractivity contribution >= 4 is 29.0 Å². The molecule has 1 aliphatic rings. The number of halogens is 1. The van der Waals surface area contributed by atoms with Crippen molar-refractivity contribution in [3.05, 3.63) is 33.9 Å². The fourth-order valence-electron chi connectivity index (χ4n) is 2.39. The Morgan fingerprint density at radius 2 is 1.91 bits per heavy atom. The molecule has 0 unspecified atom stereocenters. The van der Waals surface area contributed by atoms with Crippen LogP contribution >= 0.6 is 11.6 Å². The van der Waals surface area contributed by atoms with Crippen LogP contribution in [-0.2, 0) is 0 Å². The molecule has 116 valence electrons. The molecule has 22 heavy (non-hydrogen) atoms. The quantitative estimate of drug-likeness (QED) is 0.640. The number of carbonyl (C=O) groups is 3. The number of Topliss-reactive ketones (excluding diaryl/α,β-unsaturated/α-hetero) is 2. The van der Waals surface area contributed by atoms with Crippen molar-refractivity contribution in [2.45, 2.75) is 32.6 Å². The number of rotatable bonds is 5. The summed E-state index contributed by atoms with van der Waals surface area (Å²) >= 11 is 5.67. The molecule has 0 atom stereocenters. The summed E-state index contributed by atoms with van der Waals surface area (Å²) < 4.78 is 0. The molecule has 0 aliphatic heterocycles. The summed E-state index contributed by atoms with van der Waals surface area (Å²) in [6.07, 6.45) is 3.43. The number of fused-ring (bicyclic) bond motifs is 1. The van der Waals surface area contributed by atoms with Crippen LogP contribution in [-0.4, -0.2) is 27.6 Å². The molecular weight excluding hydrogens is 308 g/mol. The van der Waals surface area contributed by atoms with Gasteiger partial charge in [0.25, 0.3) is 0 Å². The van der Waals surface area contributed by atoms with Crippen molar-refractivity contribution in [3.8, 4) is 11.5 Å². The predicted octanol–water partition coefficient (Wildman–Crippen LogP) is 3.36. The molecule has 0 saturated carbocycles. The Morgan fingerprint density at radius 3 is 2.55 bits per heavy atom. The summed E-state index contributed by atoms with van der Waals surface area (Å²) in [4.78, 5) is 36.0. The largest absolute Gasteiger partial charge is 0.507 e. The first-order chi connectivity index (χ1) is 10.4. The third-order valence-corrected chi connectivity index (χ3v) is 3.81. The second-order valence-electron chi connectivity index (χ2n) is 5.11. The van der Waals surface area contributed by atoms with Gasteiger partial charge >= 0.3 is 0 Å². The van der Waals surface area contributed by atoms with Gasteiger partial charge in [-0.3, -0.25) is 14.4 Å². The minimum Gasteiger partial charge on any atom is -0.507 e. The zero-order valence-corrected chi connectivity index (χ0v) is 12.7. The maximum Gasteiger partial charge on any atom is 0.208 e. The maximum atomic E-state index is 12.2. The van der Waals surface area contributed by atoms with Gasteiger partial charge in [-0.1, -0.05) is 31.4 Å². The number of phenolic OH excluding ortho intramolecular Hbond substituents is 2. The van der Waals surface area contributed by atoms with Crippen molar-refractivity contribution in [2.24, 2.45) is 0 Å². The van der Waals surface area contributed by atoms with E-state index in [1.54, 1.807) is 0 Å². The molecule has 0 spiro atoms. The Labute approximate surface area is 132 Å². The molecule has 0 bridgehead atoms. The van der Waals surface area contributed by atoms with Gasteiger partial charge < -0.3 is 10.2 Å². The van der Waals surface area contributed by atoms with Crippen LogP contribution in [0.15, 0.2) is 17.2 Å². The highest BCUT2D eigenvalue weighted by Crippen LogP contribution is 2.38. The van der Waals surface area contributed by atoms with E-state index in [1.807, 2.05) is 6.92 Å². The van der Waals surface area contributed by atoms with Gasteiger partial charge in [-0.2, -0.15) is 0 Å². The fourth-order valence-corrected chi connectivity index (χ4v) is 2.59. The summed E-state index contributed by atoms with van der Waals surface area (Å²) in [7, 11) is 0. The highest BCUT2D eigenvalue weighted by atomic mass is 35.5. The lowest BCUT2D eigenvalue weighted by Gasteiger charge is -2.16. The average molecular weight is 323 g/mol. The maximum absolute atomic E-state index is 12.2. The van der Waals surface area contributed by atoms with Crippen LogP contribution in [0.4, 0.5) is 0 Å². The molecule has 0 heterocycles. The number of hydrogen-bond acceptors (Lipinski definition) is 5. The van der Waals surface area contributed by atoms with Crippen LogP contribution in [0.5, 0.6) is 11.5 Å². The average Bonchev–Trinajstić information content (AvgIpc) is 2.44. The number of carbonyl (C=O) groups excluding carboxylic acids is 3. The molecule has 1 aromatic carbocycles. The zero-order chi connectivity index (χ0) is 16.4. The summed E-state index contributed by atoms with van der Waals surface area (Å²) in [6, 6.07) is 1.03. The summed E-state index contributed by atoms with van der Waals surface area (Å²) in [5, 5.41) is 19.8. The van der Waals surface area contributed by atoms with E-state index >= 15 is 0 Å². The molecule has 0 fully saturated rings. The van der Waals surface area contributed by atoms with Crippen molar-refractivity contribution < 1.29 is 24.6 Å². The molecule has 0 radical (unpaired) electrons. The minimum atomic E-state index is -0.739. The van der Waals surface area contributed by atoms with Crippen molar-refractivity contribution in [1.82, 2.24) is 0 Å². The summed E-state index contributed by atoms with van der Waals surface area (Å²) in [6.45, 7) is 1.98. The van der Waals surface area contributed by atoms with Gasteiger partial charge in [0.15, 0.2) is 11.6 Å². The molecule has 0 saturated heterocycles. The Hall–Kier alpha value is -2.14. The van der Waals surface area contributed by atoms with E-state index < -0.39 is 28.8 Å². The van der Waals surface area contributed by atoms with Gasteiger partial charge in [0, 0.05) is 18.1 Å². The van der Waals surface area contributed by atoms with Gasteiger partial charge in [-0.25, -0.2) is 0 Å². The first kappa shape index (κ1) is 16.2. The lowest BCUT2D eigenvalue weighted by Crippen LogP contribution is -2.16. The summed E-state index contributed by atoms with van der Waals surface area (Å²) in [5.74, 6) is -3.00. The number of ketones is 3. The van der Waals surface area contributed by atoms with E-state index in [1.165, 1.54) is 0 Å². The third kappa shape index (κ3) is 2.76. The zero-order valence-electron chi connectivity index (χ0n) is 12.0. The topological polar surface area (TPSA) is 91.7 Å². The van der Waals surface area contributed by atoms with Gasteiger partial charge in [0.1, 0.15) is 17.1 Å². The normalized spacial score (nSPS) is 13.8. The monoisotopic (exact) mass is 322 g/mol. The van der Waals surface area contributed by atoms with Crippen LogP contribution in [0.25, 0.3) is 0 Å². The second kappa shape index (κ2) is 6.32. The number of allylic oxidation sites excluding steroid dienone is 2. The number of phenols is 2. The lowest BCUT2D eigenvalue weighted by atomic mass is 9.89. The molecule has 0 amide bonds. The van der Waals surface area contributed by atoms with Crippen LogP contribution < -0.4 is 0 Å².